The van der Waals surface area contributed by atoms with Crippen molar-refractivity contribution in [1.82, 2.24) is 0 Å². The molecule has 0 radical (unpaired) electrons. The molecule has 0 bridgehead atoms. The van der Waals surface area contributed by atoms with Crippen LogP contribution in [0.25, 0.3) is 0 Å². The minimum Gasteiger partial charge on any atom is -0.0985 e. The van der Waals surface area contributed by atoms with E-state index in [0.29, 0.717) is 21.7 Å². The standard InChI is InChI=1S/C30H52.C9H12.C4H10.C2H6.2CH4/c1-8-22(9-2)24-13-12-14-25-23-15-18-29(10-3)21-27(5,6)19-20-30(29,11-4)26(23)16-17-28(24,25)7;1-3-8(4-2)9-6-5-7-9;1-3-4-2;1-2;;/h8,23-26H,9-21H2,1-7H3;3-4,6H,1,5,7H2,2H3;3-4H2,1-2H3;1-2H3;2*1H4/b22-8-;8-4+;;;;/t23-,24?,25-,26-,28+,29+,30+;;;;;/m0...../s1. The van der Waals surface area contributed by atoms with Gasteiger partial charge in [-0.05, 0) is 160 Å². The summed E-state index contributed by atoms with van der Waals surface area (Å²) >= 11 is 0. The molecule has 0 aromatic heterocycles. The number of unbranched alkanes of at least 4 members (excludes halogenated alkanes) is 1. The first kappa shape index (κ1) is 46.0. The third-order valence-corrected chi connectivity index (χ3v) is 14.2. The summed E-state index contributed by atoms with van der Waals surface area (Å²) in [7, 11) is 0. The van der Waals surface area contributed by atoms with Crippen LogP contribution in [0.5, 0.6) is 0 Å². The van der Waals surface area contributed by atoms with Crippen LogP contribution in [0.1, 0.15) is 207 Å². The van der Waals surface area contributed by atoms with Gasteiger partial charge in [0.15, 0.2) is 0 Å². The summed E-state index contributed by atoms with van der Waals surface area (Å²) < 4.78 is 0. The molecule has 1 unspecified atom stereocenters. The highest BCUT2D eigenvalue weighted by atomic mass is 14.7. The second-order valence-electron chi connectivity index (χ2n) is 16.4. The molecule has 7 atom stereocenters. The first-order valence-electron chi connectivity index (χ1n) is 20.2. The fourth-order valence-electron chi connectivity index (χ4n) is 11.7. The lowest BCUT2D eigenvalue weighted by Crippen LogP contribution is -2.61. The molecule has 5 aliphatic rings. The number of rotatable bonds is 7. The Labute approximate surface area is 299 Å². The Bertz CT molecular complexity index is 986. The average Bonchev–Trinajstić information content (AvgIpc) is 3.03. The fraction of sp³-hybridized carbons (Fsp3) is 0.830. The van der Waals surface area contributed by atoms with Crippen molar-refractivity contribution in [1.29, 1.82) is 0 Å². The normalized spacial score (nSPS) is 35.2. The van der Waals surface area contributed by atoms with Crippen molar-refractivity contribution in [3.8, 4) is 0 Å². The molecule has 0 aliphatic heterocycles. The lowest BCUT2D eigenvalue weighted by molar-refractivity contribution is -0.201. The average molecular weight is 653 g/mol. The summed E-state index contributed by atoms with van der Waals surface area (Å²) in [5.74, 6) is 3.89. The zero-order valence-electron chi connectivity index (χ0n) is 32.8. The summed E-state index contributed by atoms with van der Waals surface area (Å²) in [6.07, 6.45) is 33.1. The quantitative estimate of drug-likeness (QED) is 0.190. The number of hydrogen-bond donors (Lipinski definition) is 0. The van der Waals surface area contributed by atoms with Crippen molar-refractivity contribution in [2.24, 2.45) is 45.3 Å². The maximum atomic E-state index is 3.73. The molecule has 0 heteroatoms. The molecule has 5 aliphatic carbocycles. The van der Waals surface area contributed by atoms with Crippen LogP contribution in [0.15, 0.2) is 47.6 Å². The van der Waals surface area contributed by atoms with Crippen LogP contribution < -0.4 is 0 Å². The van der Waals surface area contributed by atoms with E-state index in [2.05, 4.69) is 94.0 Å². The molecule has 0 aromatic rings. The molecule has 276 valence electrons. The van der Waals surface area contributed by atoms with Crippen molar-refractivity contribution in [2.75, 3.05) is 0 Å². The molecule has 47 heavy (non-hydrogen) atoms. The van der Waals surface area contributed by atoms with E-state index < -0.39 is 0 Å². The van der Waals surface area contributed by atoms with Crippen LogP contribution in [0.4, 0.5) is 0 Å². The summed E-state index contributed by atoms with van der Waals surface area (Å²) in [5, 5.41) is 0. The molecule has 0 N–H and O–H groups in total. The van der Waals surface area contributed by atoms with Gasteiger partial charge in [-0.2, -0.15) is 0 Å². The fourth-order valence-corrected chi connectivity index (χ4v) is 11.7. The Morgan fingerprint density at radius 1 is 0.809 bits per heavy atom. The van der Waals surface area contributed by atoms with E-state index in [9.17, 15) is 0 Å². The van der Waals surface area contributed by atoms with Crippen molar-refractivity contribution >= 4 is 0 Å². The largest absolute Gasteiger partial charge is 0.0985 e. The predicted molar refractivity (Wildman–Crippen MR) is 218 cm³/mol. The van der Waals surface area contributed by atoms with Crippen molar-refractivity contribution in [2.45, 2.75) is 207 Å². The van der Waals surface area contributed by atoms with E-state index in [1.54, 1.807) is 12.0 Å². The number of hydrogen-bond acceptors (Lipinski definition) is 0. The predicted octanol–water partition coefficient (Wildman–Crippen LogP) is 16.5. The van der Waals surface area contributed by atoms with Crippen LogP contribution in [-0.4, -0.2) is 0 Å². The monoisotopic (exact) mass is 653 g/mol. The van der Waals surface area contributed by atoms with E-state index in [1.807, 2.05) is 19.9 Å². The minimum atomic E-state index is 0. The molecule has 0 nitrogen and oxygen atoms in total. The van der Waals surface area contributed by atoms with Gasteiger partial charge in [0.05, 0.1) is 0 Å². The van der Waals surface area contributed by atoms with E-state index in [1.165, 1.54) is 114 Å². The van der Waals surface area contributed by atoms with Gasteiger partial charge >= 0.3 is 0 Å². The Kier molecular flexibility index (Phi) is 20.1. The van der Waals surface area contributed by atoms with Crippen molar-refractivity contribution < 1.29 is 0 Å². The van der Waals surface area contributed by atoms with Gasteiger partial charge in [0, 0.05) is 0 Å². The smallest absolute Gasteiger partial charge is 0.0147 e. The molecular weight excluding hydrogens is 565 g/mol. The molecule has 0 aromatic carbocycles. The van der Waals surface area contributed by atoms with Crippen LogP contribution in [0.3, 0.4) is 0 Å². The Balaban J connectivity index is 0.00000104. The van der Waals surface area contributed by atoms with Crippen molar-refractivity contribution in [3.05, 3.63) is 47.6 Å². The number of fused-ring (bicyclic) bond motifs is 5. The van der Waals surface area contributed by atoms with Gasteiger partial charge in [-0.15, -0.1) is 0 Å². The second kappa shape index (κ2) is 20.6. The van der Waals surface area contributed by atoms with Gasteiger partial charge in [0.2, 0.25) is 0 Å². The first-order valence-corrected chi connectivity index (χ1v) is 20.2. The van der Waals surface area contributed by atoms with Gasteiger partial charge in [0.1, 0.15) is 0 Å². The van der Waals surface area contributed by atoms with E-state index in [-0.39, 0.29) is 14.9 Å². The highest BCUT2D eigenvalue weighted by molar-refractivity contribution is 5.42. The van der Waals surface area contributed by atoms with E-state index in [4.69, 9.17) is 0 Å². The van der Waals surface area contributed by atoms with Gasteiger partial charge in [-0.3, -0.25) is 0 Å². The highest BCUT2D eigenvalue weighted by Crippen LogP contribution is 2.74. The second-order valence-corrected chi connectivity index (χ2v) is 16.4. The van der Waals surface area contributed by atoms with Gasteiger partial charge in [-0.25, -0.2) is 0 Å². The van der Waals surface area contributed by atoms with E-state index >= 15 is 0 Å². The van der Waals surface area contributed by atoms with Crippen LogP contribution >= 0.6 is 0 Å². The van der Waals surface area contributed by atoms with Gasteiger partial charge < -0.3 is 0 Å². The molecule has 0 spiro atoms. The summed E-state index contributed by atoms with van der Waals surface area (Å²) in [6.45, 7) is 31.9. The van der Waals surface area contributed by atoms with Crippen molar-refractivity contribution in [3.63, 3.8) is 0 Å². The topological polar surface area (TPSA) is 0 Å². The first-order chi connectivity index (χ1) is 21.5. The summed E-state index contributed by atoms with van der Waals surface area (Å²) in [5.41, 5.74) is 6.96. The zero-order chi connectivity index (χ0) is 33.9. The van der Waals surface area contributed by atoms with Crippen LogP contribution in [0, 0.1) is 45.3 Å². The third-order valence-electron chi connectivity index (χ3n) is 14.2. The van der Waals surface area contributed by atoms with Crippen LogP contribution in [0.2, 0.25) is 0 Å². The molecular formula is C47H88. The third kappa shape index (κ3) is 9.40. The van der Waals surface area contributed by atoms with Crippen LogP contribution in [-0.2, 0) is 0 Å². The maximum absolute atomic E-state index is 3.73. The SMILES string of the molecule is C.C.C/C=C(/CC)C1CCC[C@H]2[C@@H]3CC[C@]4(CC)CC(C)(C)CC[C@]4(CC)[C@H]3CC[C@]12C.C=C/C(=C\C)C1=CCC1.CC.CCCC. The molecule has 0 amide bonds. The lowest BCUT2D eigenvalue weighted by Gasteiger charge is -2.70. The minimum absolute atomic E-state index is 0. The number of allylic oxidation sites excluding steroid dienone is 7. The zero-order valence-corrected chi connectivity index (χ0v) is 32.8. The summed E-state index contributed by atoms with van der Waals surface area (Å²) in [6, 6.07) is 0. The Morgan fingerprint density at radius 2 is 1.45 bits per heavy atom. The molecule has 0 heterocycles. The summed E-state index contributed by atoms with van der Waals surface area (Å²) in [4.78, 5) is 0. The maximum Gasteiger partial charge on any atom is -0.0147 e. The van der Waals surface area contributed by atoms with Gasteiger partial charge in [-0.1, -0.05) is 140 Å². The molecule has 4 saturated carbocycles. The Hall–Kier alpha value is -1.04. The molecule has 4 fully saturated rings. The Morgan fingerprint density at radius 3 is 1.87 bits per heavy atom. The molecule has 5 rings (SSSR count). The van der Waals surface area contributed by atoms with Gasteiger partial charge in [0.25, 0.3) is 0 Å². The highest BCUT2D eigenvalue weighted by Gasteiger charge is 2.65. The molecule has 0 saturated heterocycles. The van der Waals surface area contributed by atoms with E-state index in [0.717, 1.165) is 23.7 Å². The lowest BCUT2D eigenvalue weighted by atomic mass is 9.35.